The first-order valence-electron chi connectivity index (χ1n) is 19.4. The number of fused-ring (bicyclic) bond motifs is 2. The minimum absolute atomic E-state index is 0.0362. The molecule has 0 bridgehead atoms. The van der Waals surface area contributed by atoms with Gasteiger partial charge in [0.15, 0.2) is 0 Å². The first-order chi connectivity index (χ1) is 27.0. The summed E-state index contributed by atoms with van der Waals surface area (Å²) in [6, 6.07) is 74.3. The number of benzene rings is 9. The van der Waals surface area contributed by atoms with E-state index in [1.807, 2.05) is 0 Å². The van der Waals surface area contributed by atoms with Crippen molar-refractivity contribution in [2.45, 2.75) is 24.7 Å². The zero-order chi connectivity index (χ0) is 36.7. The quantitative estimate of drug-likeness (QED) is 0.167. The largest absolute Gasteiger partial charge is 0.310 e. The monoisotopic (exact) mass is 701 g/mol. The minimum Gasteiger partial charge on any atom is -0.310 e. The van der Waals surface area contributed by atoms with Gasteiger partial charge in [0.1, 0.15) is 0 Å². The molecule has 1 heteroatoms. The fraction of sp³-hybridized carbons (Fsp3) is 0.0741. The summed E-state index contributed by atoms with van der Waals surface area (Å²) in [5, 5.41) is 4.96. The Balaban J connectivity index is 1.10. The molecule has 0 amide bonds. The number of nitrogens with zero attached hydrogens (tertiary/aromatic N) is 1. The molecule has 0 spiro atoms. The van der Waals surface area contributed by atoms with Crippen LogP contribution in [0.5, 0.6) is 0 Å². The number of anilines is 3. The van der Waals surface area contributed by atoms with Gasteiger partial charge in [-0.2, -0.15) is 0 Å². The van der Waals surface area contributed by atoms with E-state index in [0.717, 1.165) is 17.1 Å². The molecule has 0 unspecified atom stereocenters. The van der Waals surface area contributed by atoms with Crippen LogP contribution in [0.3, 0.4) is 0 Å². The van der Waals surface area contributed by atoms with Crippen molar-refractivity contribution in [2.24, 2.45) is 0 Å². The molecular formula is C54H39N. The smallest absolute Gasteiger partial charge is 0.0713 e. The highest BCUT2D eigenvalue weighted by Crippen LogP contribution is 2.64. The molecule has 0 saturated heterocycles. The van der Waals surface area contributed by atoms with Gasteiger partial charge in [-0.1, -0.05) is 184 Å². The molecule has 0 heterocycles. The van der Waals surface area contributed by atoms with Gasteiger partial charge in [0.05, 0.1) is 11.1 Å². The summed E-state index contributed by atoms with van der Waals surface area (Å²) < 4.78 is 0. The van der Waals surface area contributed by atoms with Crippen molar-refractivity contribution in [3.05, 3.63) is 234 Å². The molecule has 0 N–H and O–H groups in total. The van der Waals surface area contributed by atoms with Crippen molar-refractivity contribution in [1.29, 1.82) is 0 Å². The first kappa shape index (κ1) is 31.8. The average molecular weight is 702 g/mol. The minimum atomic E-state index is -0.433. The predicted octanol–water partition coefficient (Wildman–Crippen LogP) is 14.1. The van der Waals surface area contributed by atoms with Crippen LogP contribution >= 0.6 is 0 Å². The van der Waals surface area contributed by atoms with E-state index >= 15 is 0 Å². The van der Waals surface area contributed by atoms with Crippen molar-refractivity contribution in [2.75, 3.05) is 4.90 Å². The van der Waals surface area contributed by atoms with Gasteiger partial charge in [0.2, 0.25) is 0 Å². The summed E-state index contributed by atoms with van der Waals surface area (Å²) >= 11 is 0. The van der Waals surface area contributed by atoms with E-state index in [1.54, 1.807) is 0 Å². The third-order valence-electron chi connectivity index (χ3n) is 12.5. The highest BCUT2D eigenvalue weighted by Gasteiger charge is 2.52. The van der Waals surface area contributed by atoms with Crippen LogP contribution in [-0.4, -0.2) is 0 Å². The molecular weight excluding hydrogens is 663 g/mol. The molecule has 260 valence electrons. The van der Waals surface area contributed by atoms with Gasteiger partial charge in [0, 0.05) is 22.2 Å². The van der Waals surface area contributed by atoms with Crippen LogP contribution in [0, 0.1) is 0 Å². The zero-order valence-corrected chi connectivity index (χ0v) is 31.0. The normalized spacial score (nSPS) is 14.3. The van der Waals surface area contributed by atoms with Crippen LogP contribution in [0.2, 0.25) is 0 Å². The molecule has 0 saturated carbocycles. The van der Waals surface area contributed by atoms with Crippen molar-refractivity contribution < 1.29 is 0 Å². The lowest BCUT2D eigenvalue weighted by atomic mass is 9.66. The van der Waals surface area contributed by atoms with E-state index in [0.29, 0.717) is 0 Å². The van der Waals surface area contributed by atoms with Gasteiger partial charge < -0.3 is 4.90 Å². The van der Waals surface area contributed by atoms with E-state index in [4.69, 9.17) is 0 Å². The molecule has 11 rings (SSSR count). The predicted molar refractivity (Wildman–Crippen MR) is 231 cm³/mol. The van der Waals surface area contributed by atoms with E-state index in [-0.39, 0.29) is 5.41 Å². The maximum Gasteiger partial charge on any atom is 0.0713 e. The molecule has 2 aliphatic carbocycles. The Hall–Kier alpha value is -6.70. The average Bonchev–Trinajstić information content (AvgIpc) is 3.68. The molecule has 9 aromatic carbocycles. The summed E-state index contributed by atoms with van der Waals surface area (Å²) in [6.07, 6.45) is 0. The van der Waals surface area contributed by atoms with Crippen LogP contribution in [0.4, 0.5) is 17.1 Å². The first-order valence-corrected chi connectivity index (χ1v) is 19.4. The van der Waals surface area contributed by atoms with Crippen LogP contribution in [0.15, 0.2) is 200 Å². The number of rotatable bonds is 6. The lowest BCUT2D eigenvalue weighted by molar-refractivity contribution is 0.652. The molecule has 0 radical (unpaired) electrons. The van der Waals surface area contributed by atoms with E-state index < -0.39 is 5.41 Å². The standard InChI is InChI=1S/C54H39N/c1-53(2)46-23-12-25-48-51(46)52-47(53)24-13-26-49(52)54(48,39-18-4-3-5-19-39)40-30-34-42(35-31-40)55(50-27-11-17-37-15-7-9-21-45(37)50)41-32-28-38(29-33-41)44-22-10-16-36-14-6-8-20-43(36)44/h3-35H,1-2H3. The highest BCUT2D eigenvalue weighted by molar-refractivity contribution is 6.00. The summed E-state index contributed by atoms with van der Waals surface area (Å²) in [4.78, 5) is 2.42. The van der Waals surface area contributed by atoms with Gasteiger partial charge in [-0.25, -0.2) is 0 Å². The van der Waals surface area contributed by atoms with Crippen LogP contribution in [-0.2, 0) is 10.8 Å². The van der Waals surface area contributed by atoms with Gasteiger partial charge in [-0.15, -0.1) is 0 Å². The molecule has 0 atom stereocenters. The SMILES string of the molecule is CC1(C)c2cccc3c2-c2c1cccc2C3(c1ccccc1)c1ccc(N(c2ccc(-c3cccc4ccccc34)cc2)c2cccc3ccccc23)cc1. The second-order valence-corrected chi connectivity index (χ2v) is 15.7. The summed E-state index contributed by atoms with van der Waals surface area (Å²) in [5.41, 5.74) is 16.4. The summed E-state index contributed by atoms with van der Waals surface area (Å²) in [7, 11) is 0. The van der Waals surface area contributed by atoms with Crippen molar-refractivity contribution in [3.63, 3.8) is 0 Å². The Morgan fingerprint density at radius 2 is 0.836 bits per heavy atom. The third-order valence-corrected chi connectivity index (χ3v) is 12.5. The number of hydrogen-bond donors (Lipinski definition) is 0. The highest BCUT2D eigenvalue weighted by atomic mass is 15.1. The molecule has 0 aliphatic heterocycles. The maximum absolute atomic E-state index is 2.42. The fourth-order valence-electron chi connectivity index (χ4n) is 10.0. The van der Waals surface area contributed by atoms with Crippen LogP contribution in [0.1, 0.15) is 47.2 Å². The van der Waals surface area contributed by atoms with Crippen LogP contribution < -0.4 is 4.90 Å². The van der Waals surface area contributed by atoms with E-state index in [1.165, 1.54) is 77.2 Å². The maximum atomic E-state index is 2.42. The van der Waals surface area contributed by atoms with E-state index in [9.17, 15) is 0 Å². The molecule has 9 aromatic rings. The van der Waals surface area contributed by atoms with Crippen molar-refractivity contribution >= 4 is 38.6 Å². The summed E-state index contributed by atoms with van der Waals surface area (Å²) in [5.74, 6) is 0. The van der Waals surface area contributed by atoms with Gasteiger partial charge in [0.25, 0.3) is 0 Å². The molecule has 0 fully saturated rings. The molecule has 2 aliphatic rings. The lowest BCUT2D eigenvalue weighted by Gasteiger charge is -2.36. The number of hydrogen-bond acceptors (Lipinski definition) is 1. The van der Waals surface area contributed by atoms with Crippen molar-refractivity contribution in [3.8, 4) is 22.3 Å². The zero-order valence-electron chi connectivity index (χ0n) is 31.0. The molecule has 55 heavy (non-hydrogen) atoms. The Kier molecular flexibility index (Phi) is 6.88. The molecule has 0 aromatic heterocycles. The van der Waals surface area contributed by atoms with Gasteiger partial charge in [-0.3, -0.25) is 0 Å². The third kappa shape index (κ3) is 4.47. The fourth-order valence-corrected chi connectivity index (χ4v) is 10.0. The van der Waals surface area contributed by atoms with E-state index in [2.05, 4.69) is 219 Å². The van der Waals surface area contributed by atoms with Crippen LogP contribution in [0.25, 0.3) is 43.8 Å². The van der Waals surface area contributed by atoms with Gasteiger partial charge >= 0.3 is 0 Å². The topological polar surface area (TPSA) is 3.24 Å². The summed E-state index contributed by atoms with van der Waals surface area (Å²) in [6.45, 7) is 4.76. The lowest BCUT2D eigenvalue weighted by Crippen LogP contribution is -2.30. The Labute approximate surface area is 322 Å². The Morgan fingerprint density at radius 1 is 0.364 bits per heavy atom. The second-order valence-electron chi connectivity index (χ2n) is 15.7. The second kappa shape index (κ2) is 11.9. The van der Waals surface area contributed by atoms with Crippen molar-refractivity contribution in [1.82, 2.24) is 0 Å². The Morgan fingerprint density at radius 3 is 1.49 bits per heavy atom. The molecule has 1 nitrogen and oxygen atoms in total. The van der Waals surface area contributed by atoms with Gasteiger partial charge in [-0.05, 0) is 102 Å². The Bertz CT molecular complexity index is 2870.